The van der Waals surface area contributed by atoms with Gasteiger partial charge in [-0.2, -0.15) is 0 Å². The summed E-state index contributed by atoms with van der Waals surface area (Å²) in [5.41, 5.74) is 7.61. The summed E-state index contributed by atoms with van der Waals surface area (Å²) in [6.07, 6.45) is 9.50. The minimum absolute atomic E-state index is 0.0708. The number of amides is 1. The van der Waals surface area contributed by atoms with Crippen LogP contribution in [0.4, 0.5) is 0 Å². The molecule has 20 heavy (non-hydrogen) atoms. The largest absolute Gasteiger partial charge is 0.337 e. The molecule has 0 atom stereocenters. The van der Waals surface area contributed by atoms with E-state index >= 15 is 0 Å². The average Bonchev–Trinajstić information content (AvgIpc) is 2.96. The number of pyridine rings is 1. The van der Waals surface area contributed by atoms with Crippen LogP contribution >= 0.6 is 0 Å². The van der Waals surface area contributed by atoms with Crippen LogP contribution in [-0.4, -0.2) is 28.9 Å². The molecular formula is C16H23N3O. The lowest BCUT2D eigenvalue weighted by Crippen LogP contribution is -2.42. The van der Waals surface area contributed by atoms with Crippen molar-refractivity contribution in [2.45, 2.75) is 45.1 Å². The Morgan fingerprint density at radius 3 is 2.45 bits per heavy atom. The van der Waals surface area contributed by atoms with Crippen molar-refractivity contribution >= 4 is 5.91 Å². The summed E-state index contributed by atoms with van der Waals surface area (Å²) >= 11 is 0. The molecule has 1 aromatic rings. The Balaban J connectivity index is 1.63. The molecule has 2 heterocycles. The number of carbonyl (C=O) groups is 1. The molecule has 0 unspecified atom stereocenters. The van der Waals surface area contributed by atoms with Gasteiger partial charge in [0.15, 0.2) is 0 Å². The van der Waals surface area contributed by atoms with Crippen LogP contribution in [0.25, 0.3) is 0 Å². The number of rotatable bonds is 2. The van der Waals surface area contributed by atoms with Gasteiger partial charge in [-0.3, -0.25) is 9.78 Å². The van der Waals surface area contributed by atoms with Gasteiger partial charge in [-0.25, -0.2) is 0 Å². The molecule has 2 aliphatic rings. The summed E-state index contributed by atoms with van der Waals surface area (Å²) in [5, 5.41) is 0. The molecule has 0 aromatic carbocycles. The molecule has 1 aromatic heterocycles. The van der Waals surface area contributed by atoms with Crippen LogP contribution in [0, 0.1) is 5.41 Å². The van der Waals surface area contributed by atoms with E-state index in [1.165, 1.54) is 38.5 Å². The van der Waals surface area contributed by atoms with Crippen LogP contribution in [0.2, 0.25) is 0 Å². The van der Waals surface area contributed by atoms with E-state index in [4.69, 9.17) is 5.73 Å². The van der Waals surface area contributed by atoms with Gasteiger partial charge in [0.05, 0.1) is 0 Å². The van der Waals surface area contributed by atoms with Crippen LogP contribution in [0.15, 0.2) is 18.3 Å². The summed E-state index contributed by atoms with van der Waals surface area (Å²) in [5.74, 6) is 0.0708. The Morgan fingerprint density at radius 2 is 1.90 bits per heavy atom. The van der Waals surface area contributed by atoms with Crippen molar-refractivity contribution < 1.29 is 4.79 Å². The first kappa shape index (κ1) is 13.6. The Hall–Kier alpha value is -1.42. The van der Waals surface area contributed by atoms with Crippen LogP contribution < -0.4 is 5.73 Å². The second-order valence-electron chi connectivity index (χ2n) is 6.26. The number of nitrogens with two attached hydrogens (primary N) is 1. The Labute approximate surface area is 120 Å². The van der Waals surface area contributed by atoms with Gasteiger partial charge in [0, 0.05) is 25.8 Å². The van der Waals surface area contributed by atoms with E-state index in [-0.39, 0.29) is 5.91 Å². The molecule has 0 bridgehead atoms. The predicted octanol–water partition coefficient (Wildman–Crippen LogP) is 2.34. The summed E-state index contributed by atoms with van der Waals surface area (Å²) in [7, 11) is 0. The highest BCUT2D eigenvalue weighted by molar-refractivity contribution is 5.92. The Morgan fingerprint density at radius 1 is 1.20 bits per heavy atom. The van der Waals surface area contributed by atoms with Crippen LogP contribution in [-0.2, 0) is 6.54 Å². The van der Waals surface area contributed by atoms with Crippen molar-refractivity contribution in [1.82, 2.24) is 9.88 Å². The van der Waals surface area contributed by atoms with E-state index in [2.05, 4.69) is 4.98 Å². The first-order valence-corrected chi connectivity index (χ1v) is 7.67. The molecule has 1 saturated carbocycles. The van der Waals surface area contributed by atoms with Gasteiger partial charge in [0.25, 0.3) is 5.91 Å². The second kappa shape index (κ2) is 5.52. The van der Waals surface area contributed by atoms with E-state index in [1.54, 1.807) is 12.3 Å². The maximum atomic E-state index is 12.4. The quantitative estimate of drug-likeness (QED) is 0.899. The molecule has 3 rings (SSSR count). The zero-order chi connectivity index (χ0) is 14.0. The number of carbonyl (C=O) groups excluding carboxylic acids is 1. The fourth-order valence-electron chi connectivity index (χ4n) is 3.64. The molecule has 4 nitrogen and oxygen atoms in total. The molecule has 1 aliphatic heterocycles. The highest BCUT2D eigenvalue weighted by atomic mass is 16.2. The van der Waals surface area contributed by atoms with Gasteiger partial charge in [-0.15, -0.1) is 0 Å². The molecule has 4 heteroatoms. The minimum Gasteiger partial charge on any atom is -0.337 e. The number of likely N-dealkylation sites (tertiary alicyclic amines) is 1. The first-order chi connectivity index (χ1) is 9.72. The summed E-state index contributed by atoms with van der Waals surface area (Å²) < 4.78 is 0. The van der Waals surface area contributed by atoms with Crippen LogP contribution in [0.3, 0.4) is 0 Å². The van der Waals surface area contributed by atoms with Gasteiger partial charge in [0.2, 0.25) is 0 Å². The van der Waals surface area contributed by atoms with E-state index in [0.717, 1.165) is 18.7 Å². The lowest BCUT2D eigenvalue weighted by atomic mass is 9.77. The second-order valence-corrected chi connectivity index (χ2v) is 6.26. The molecule has 1 spiro atoms. The van der Waals surface area contributed by atoms with Crippen molar-refractivity contribution in [1.29, 1.82) is 0 Å². The van der Waals surface area contributed by atoms with Crippen molar-refractivity contribution in [3.8, 4) is 0 Å². The van der Waals surface area contributed by atoms with Crippen molar-refractivity contribution in [3.05, 3.63) is 29.6 Å². The van der Waals surface area contributed by atoms with Gasteiger partial charge in [-0.1, -0.05) is 18.9 Å². The number of aromatic nitrogens is 1. The minimum atomic E-state index is 0.0708. The zero-order valence-corrected chi connectivity index (χ0v) is 12.0. The van der Waals surface area contributed by atoms with Gasteiger partial charge < -0.3 is 10.6 Å². The SMILES string of the molecule is NCc1ccc(C(=O)N2CCC3(CCCC3)CC2)nc1. The molecule has 108 valence electrons. The standard InChI is InChI=1S/C16H23N3O/c17-11-13-3-4-14(18-12-13)15(20)19-9-7-16(8-10-19)5-1-2-6-16/h3-4,12H,1-2,5-11,17H2. The van der Waals surface area contributed by atoms with E-state index in [0.29, 0.717) is 17.7 Å². The monoisotopic (exact) mass is 273 g/mol. The first-order valence-electron chi connectivity index (χ1n) is 7.67. The summed E-state index contributed by atoms with van der Waals surface area (Å²) in [6, 6.07) is 3.69. The van der Waals surface area contributed by atoms with E-state index < -0.39 is 0 Å². The maximum Gasteiger partial charge on any atom is 0.272 e. The molecular weight excluding hydrogens is 250 g/mol. The molecule has 2 fully saturated rings. The zero-order valence-electron chi connectivity index (χ0n) is 12.0. The van der Waals surface area contributed by atoms with Gasteiger partial charge in [-0.05, 0) is 42.7 Å². The fraction of sp³-hybridized carbons (Fsp3) is 0.625. The lowest BCUT2D eigenvalue weighted by molar-refractivity contribution is 0.0582. The average molecular weight is 273 g/mol. The lowest BCUT2D eigenvalue weighted by Gasteiger charge is -2.39. The summed E-state index contributed by atoms with van der Waals surface area (Å²) in [6.45, 7) is 2.24. The third-order valence-corrected chi connectivity index (χ3v) is 5.06. The van der Waals surface area contributed by atoms with Gasteiger partial charge in [0.1, 0.15) is 5.69 Å². The van der Waals surface area contributed by atoms with Crippen molar-refractivity contribution in [2.75, 3.05) is 13.1 Å². The van der Waals surface area contributed by atoms with Gasteiger partial charge >= 0.3 is 0 Å². The number of hydrogen-bond acceptors (Lipinski definition) is 3. The van der Waals surface area contributed by atoms with Crippen LogP contribution in [0.1, 0.15) is 54.6 Å². The normalized spacial score (nSPS) is 21.4. The van der Waals surface area contributed by atoms with E-state index in [1.807, 2.05) is 11.0 Å². The Bertz CT molecular complexity index is 467. The van der Waals surface area contributed by atoms with Crippen molar-refractivity contribution in [2.24, 2.45) is 11.1 Å². The van der Waals surface area contributed by atoms with Crippen molar-refractivity contribution in [3.63, 3.8) is 0 Å². The third kappa shape index (κ3) is 2.57. The predicted molar refractivity (Wildman–Crippen MR) is 78.2 cm³/mol. The number of nitrogens with zero attached hydrogens (tertiary/aromatic N) is 2. The number of piperidine rings is 1. The maximum absolute atomic E-state index is 12.4. The molecule has 1 amide bonds. The van der Waals surface area contributed by atoms with Crippen LogP contribution in [0.5, 0.6) is 0 Å². The highest BCUT2D eigenvalue weighted by Gasteiger charge is 2.38. The van der Waals surface area contributed by atoms with E-state index in [9.17, 15) is 4.79 Å². The molecule has 1 aliphatic carbocycles. The highest BCUT2D eigenvalue weighted by Crippen LogP contribution is 2.46. The smallest absolute Gasteiger partial charge is 0.272 e. The topological polar surface area (TPSA) is 59.2 Å². The Kier molecular flexibility index (Phi) is 3.74. The third-order valence-electron chi connectivity index (χ3n) is 5.06. The molecule has 1 saturated heterocycles. The summed E-state index contributed by atoms with van der Waals surface area (Å²) in [4.78, 5) is 18.6. The fourth-order valence-corrected chi connectivity index (χ4v) is 3.64. The molecule has 0 radical (unpaired) electrons. The number of hydrogen-bond donors (Lipinski definition) is 1. The molecule has 2 N–H and O–H groups in total.